The van der Waals surface area contributed by atoms with Crippen molar-refractivity contribution in [1.82, 2.24) is 30.7 Å². The van der Waals surface area contributed by atoms with E-state index in [0.29, 0.717) is 61.5 Å². The highest BCUT2D eigenvalue weighted by atomic mass is 35.5. The van der Waals surface area contributed by atoms with Gasteiger partial charge < -0.3 is 45.6 Å². The molecule has 8 rings (SSSR count). The van der Waals surface area contributed by atoms with E-state index in [1.807, 2.05) is 57.3 Å². The Labute approximate surface area is 449 Å². The number of nitrogens with zero attached hydrogens (tertiary/aromatic N) is 7. The second-order valence-corrected chi connectivity index (χ2v) is 20.2. The van der Waals surface area contributed by atoms with Crippen LogP contribution in [0.1, 0.15) is 96.3 Å². The molecule has 2 spiro atoms. The third-order valence-corrected chi connectivity index (χ3v) is 14.5. The fourth-order valence-corrected chi connectivity index (χ4v) is 10.1. The van der Waals surface area contributed by atoms with Gasteiger partial charge in [-0.05, 0) is 136 Å². The minimum absolute atomic E-state index is 0. The molecule has 5 amide bonds. The van der Waals surface area contributed by atoms with Gasteiger partial charge in [-0.15, -0.1) is 12.4 Å². The Bertz CT molecular complexity index is 2860. The smallest absolute Gasteiger partial charge is 0.326 e. The summed E-state index contributed by atoms with van der Waals surface area (Å²) in [6.07, 6.45) is 2.53. The summed E-state index contributed by atoms with van der Waals surface area (Å²) >= 11 is 0. The summed E-state index contributed by atoms with van der Waals surface area (Å²) in [6.45, 7) is 13.6. The summed E-state index contributed by atoms with van der Waals surface area (Å²) in [7, 11) is 3.62. The van der Waals surface area contributed by atoms with Crippen molar-refractivity contribution in [2.75, 3.05) is 63.4 Å². The first kappa shape index (κ1) is 59.3. The molecule has 4 fully saturated rings. The molecule has 4 saturated heterocycles. The predicted octanol–water partition coefficient (Wildman–Crippen LogP) is 6.37. The Morgan fingerprint density at radius 3 is 1.38 bits per heavy atom. The lowest BCUT2D eigenvalue weighted by atomic mass is 9.85. The standard InChI is InChI=1S/C28H32FN5O3.C15H18N4O.C13H16FNO3.ClH/c1-18(2)24(31-25(35)22-7-5-6-19(3)23(22)29)26(36)33-14-12-28(13-15-33)27(37)32(4)17-34(28)21-10-8-20(16-30)9-11-21;1-18-11-19(13-4-2-12(10-16)3-5-13)15(14(18)20)6-8-17-9-7-15;1-7(2)11(13(17)18)15-12(16)9-6-4-5-8(3)10(9)14;/h5-11,18,24H,12-15,17H2,1-4H3,(H,31,35);2-5,17H,6-9,11H2,1H3;4-7,11H,1-3H3,(H,15,16)(H,17,18);1H/t24-;;11-;/m1.1./s1. The van der Waals surface area contributed by atoms with Crippen molar-refractivity contribution in [3.8, 4) is 12.1 Å². The minimum atomic E-state index is -1.13. The molecule has 20 heteroatoms. The lowest BCUT2D eigenvalue weighted by Crippen LogP contribution is -2.60. The van der Waals surface area contributed by atoms with Crippen LogP contribution in [-0.4, -0.2) is 132 Å². The Hall–Kier alpha value is -7.61. The molecule has 4 heterocycles. The molecule has 17 nitrogen and oxygen atoms in total. The highest BCUT2D eigenvalue weighted by molar-refractivity contribution is 5.99. The predicted molar refractivity (Wildman–Crippen MR) is 285 cm³/mol. The maximum atomic E-state index is 14.5. The van der Waals surface area contributed by atoms with E-state index in [1.54, 1.807) is 85.8 Å². The monoisotopic (exact) mass is 1060 g/mol. The van der Waals surface area contributed by atoms with Crippen LogP contribution in [0.5, 0.6) is 0 Å². The summed E-state index contributed by atoms with van der Waals surface area (Å²) in [5.74, 6) is -4.20. The quantitative estimate of drug-likeness (QED) is 0.136. The summed E-state index contributed by atoms with van der Waals surface area (Å²) < 4.78 is 28.2. The molecule has 4 aliphatic rings. The number of rotatable bonds is 10. The number of benzene rings is 4. The fourth-order valence-electron chi connectivity index (χ4n) is 10.1. The van der Waals surface area contributed by atoms with E-state index in [1.165, 1.54) is 12.1 Å². The lowest BCUT2D eigenvalue weighted by molar-refractivity contribution is -0.140. The third-order valence-electron chi connectivity index (χ3n) is 14.5. The number of aryl methyl sites for hydroxylation is 2. The first-order chi connectivity index (χ1) is 35.6. The number of aliphatic carboxylic acids is 1. The van der Waals surface area contributed by atoms with Gasteiger partial charge in [0, 0.05) is 38.6 Å². The normalized spacial score (nSPS) is 17.2. The molecule has 0 aliphatic carbocycles. The number of carbonyl (C=O) groups excluding carboxylic acids is 5. The topological polar surface area (TPSA) is 223 Å². The van der Waals surface area contributed by atoms with Crippen LogP contribution in [0.4, 0.5) is 20.2 Å². The highest BCUT2D eigenvalue weighted by Crippen LogP contribution is 2.40. The molecule has 0 radical (unpaired) electrons. The molecule has 4 aliphatic heterocycles. The van der Waals surface area contributed by atoms with Crippen LogP contribution in [-0.2, 0) is 19.2 Å². The number of carboxylic acid groups (broad SMARTS) is 1. The Balaban J connectivity index is 0.000000231. The summed E-state index contributed by atoms with van der Waals surface area (Å²) in [4.78, 5) is 84.4. The maximum absolute atomic E-state index is 14.5. The molecule has 0 unspecified atom stereocenters. The number of nitriles is 2. The van der Waals surface area contributed by atoms with E-state index < -0.39 is 52.6 Å². The van der Waals surface area contributed by atoms with Crippen molar-refractivity contribution in [3.63, 3.8) is 0 Å². The van der Waals surface area contributed by atoms with Crippen molar-refractivity contribution in [2.24, 2.45) is 11.8 Å². The average Bonchev–Trinajstić information content (AvgIpc) is 3.78. The Morgan fingerprint density at radius 1 is 0.632 bits per heavy atom. The van der Waals surface area contributed by atoms with E-state index in [4.69, 9.17) is 15.6 Å². The van der Waals surface area contributed by atoms with Gasteiger partial charge in [-0.3, -0.25) is 24.0 Å². The number of anilines is 2. The van der Waals surface area contributed by atoms with E-state index in [0.717, 1.165) is 37.3 Å². The minimum Gasteiger partial charge on any atom is -0.480 e. The molecule has 4 aromatic rings. The first-order valence-corrected chi connectivity index (χ1v) is 25.0. The van der Waals surface area contributed by atoms with Gasteiger partial charge in [0.05, 0.1) is 47.7 Å². The number of hydrogen-bond acceptors (Lipinski definition) is 11. The van der Waals surface area contributed by atoms with Crippen LogP contribution >= 0.6 is 12.4 Å². The number of nitrogens with one attached hydrogen (secondary N) is 3. The molecular weight excluding hydrogens is 998 g/mol. The number of carbonyl (C=O) groups is 6. The number of likely N-dealkylation sites (tertiary alicyclic amines) is 1. The van der Waals surface area contributed by atoms with Crippen molar-refractivity contribution < 1.29 is 42.7 Å². The largest absolute Gasteiger partial charge is 0.480 e. The average molecular weight is 1070 g/mol. The van der Waals surface area contributed by atoms with Gasteiger partial charge >= 0.3 is 5.97 Å². The number of likely N-dealkylation sites (N-methyl/N-ethyl adjacent to an activating group) is 2. The SMILES string of the molecule is CN1CN(c2ccc(C#N)cc2)C2(CCNCC2)C1=O.Cc1cccc(C(=O)N[C@@H](C(=O)N2CCC3(CC2)C(=O)N(C)CN3c2ccc(C#N)cc2)C(C)C)c1F.Cc1cccc(C(=O)N[C@@H](C(=O)O)C(C)C)c1F.Cl. The van der Waals surface area contributed by atoms with E-state index >= 15 is 0 Å². The van der Waals surface area contributed by atoms with Crippen LogP contribution in [0.2, 0.25) is 0 Å². The second-order valence-electron chi connectivity index (χ2n) is 20.2. The molecule has 0 aromatic heterocycles. The van der Waals surface area contributed by atoms with Gasteiger partial charge in [0.25, 0.3) is 11.8 Å². The molecule has 4 aromatic carbocycles. The van der Waals surface area contributed by atoms with Gasteiger partial charge in [0.2, 0.25) is 17.7 Å². The van der Waals surface area contributed by atoms with Crippen LogP contribution in [0.15, 0.2) is 84.9 Å². The zero-order chi connectivity index (χ0) is 54.9. The zero-order valence-electron chi connectivity index (χ0n) is 44.2. The van der Waals surface area contributed by atoms with Gasteiger partial charge in [-0.2, -0.15) is 10.5 Å². The third kappa shape index (κ3) is 12.6. The molecule has 0 bridgehead atoms. The number of halogens is 3. The molecular formula is C56H67ClF2N10O7. The highest BCUT2D eigenvalue weighted by Gasteiger charge is 2.54. The van der Waals surface area contributed by atoms with E-state index in [-0.39, 0.29) is 53.1 Å². The molecule has 404 valence electrons. The summed E-state index contributed by atoms with van der Waals surface area (Å²) in [5, 5.41) is 35.3. The van der Waals surface area contributed by atoms with Gasteiger partial charge in [-0.1, -0.05) is 52.0 Å². The number of carboxylic acids is 1. The molecule has 76 heavy (non-hydrogen) atoms. The van der Waals surface area contributed by atoms with E-state index in [2.05, 4.69) is 37.9 Å². The van der Waals surface area contributed by atoms with Crippen LogP contribution in [0, 0.1) is 60.0 Å². The van der Waals surface area contributed by atoms with E-state index in [9.17, 15) is 37.5 Å². The van der Waals surface area contributed by atoms with Crippen LogP contribution in [0.25, 0.3) is 0 Å². The molecule has 2 atom stereocenters. The first-order valence-electron chi connectivity index (χ1n) is 25.0. The van der Waals surface area contributed by atoms with Crippen molar-refractivity contribution >= 4 is 59.3 Å². The summed E-state index contributed by atoms with van der Waals surface area (Å²) in [5.41, 5.74) is 2.35. The second kappa shape index (κ2) is 25.3. The van der Waals surface area contributed by atoms with Gasteiger partial charge in [0.1, 0.15) is 34.8 Å². The number of hydrogen-bond donors (Lipinski definition) is 4. The Morgan fingerprint density at radius 2 is 1.01 bits per heavy atom. The van der Waals surface area contributed by atoms with Gasteiger partial charge in [-0.25, -0.2) is 13.6 Å². The van der Waals surface area contributed by atoms with Crippen molar-refractivity contribution in [1.29, 1.82) is 10.5 Å². The molecule has 4 N–H and O–H groups in total. The van der Waals surface area contributed by atoms with Crippen LogP contribution < -0.4 is 25.8 Å². The Kier molecular flexibility index (Phi) is 19.7. The van der Waals surface area contributed by atoms with Crippen molar-refractivity contribution in [2.45, 2.75) is 90.4 Å². The zero-order valence-corrected chi connectivity index (χ0v) is 45.0. The fraction of sp³-hybridized carbons (Fsp3) is 0.429. The molecule has 0 saturated carbocycles. The number of piperidine rings is 2. The van der Waals surface area contributed by atoms with Gasteiger partial charge in [0.15, 0.2) is 0 Å². The van der Waals surface area contributed by atoms with Crippen molar-refractivity contribution in [3.05, 3.63) is 130 Å². The summed E-state index contributed by atoms with van der Waals surface area (Å²) in [6, 6.07) is 26.1. The lowest BCUT2D eigenvalue weighted by Gasteiger charge is -2.44. The maximum Gasteiger partial charge on any atom is 0.326 e. The number of amides is 5. The van der Waals surface area contributed by atoms with Crippen LogP contribution in [0.3, 0.4) is 0 Å².